The SMILES string of the molecule is O=C(O)c1ccc(NC2NCC3=C(N2)c2ccccc2C(c2c(F)cccc2F)=CC3)cc1. The lowest BCUT2D eigenvalue weighted by Gasteiger charge is -2.32. The van der Waals surface area contributed by atoms with Crippen molar-refractivity contribution in [1.82, 2.24) is 10.6 Å². The minimum Gasteiger partial charge on any atom is -0.478 e. The van der Waals surface area contributed by atoms with Gasteiger partial charge in [0.15, 0.2) is 6.29 Å². The van der Waals surface area contributed by atoms with Crippen LogP contribution in [0.15, 0.2) is 78.4 Å². The topological polar surface area (TPSA) is 73.4 Å². The van der Waals surface area contributed by atoms with Gasteiger partial charge in [0.1, 0.15) is 11.6 Å². The van der Waals surface area contributed by atoms with Crippen LogP contribution < -0.4 is 16.0 Å². The molecule has 3 aromatic rings. The zero-order chi connectivity index (χ0) is 22.9. The van der Waals surface area contributed by atoms with E-state index in [9.17, 15) is 13.6 Å². The summed E-state index contributed by atoms with van der Waals surface area (Å²) in [6, 6.07) is 18.0. The Morgan fingerprint density at radius 1 is 0.939 bits per heavy atom. The molecule has 1 unspecified atom stereocenters. The Labute approximate surface area is 189 Å². The summed E-state index contributed by atoms with van der Waals surface area (Å²) in [6.45, 7) is 0.574. The summed E-state index contributed by atoms with van der Waals surface area (Å²) < 4.78 is 29.3. The van der Waals surface area contributed by atoms with Gasteiger partial charge in [0.05, 0.1) is 11.1 Å². The fraction of sp³-hybridized carbons (Fsp3) is 0.115. The van der Waals surface area contributed by atoms with Gasteiger partial charge < -0.3 is 15.7 Å². The van der Waals surface area contributed by atoms with Crippen molar-refractivity contribution in [2.24, 2.45) is 0 Å². The average Bonchev–Trinajstić information content (AvgIpc) is 2.97. The second kappa shape index (κ2) is 8.52. The molecule has 0 fully saturated rings. The molecule has 1 heterocycles. The lowest BCUT2D eigenvalue weighted by Crippen LogP contribution is -2.51. The van der Waals surface area contributed by atoms with E-state index in [1.807, 2.05) is 30.3 Å². The predicted molar refractivity (Wildman–Crippen MR) is 123 cm³/mol. The third kappa shape index (κ3) is 3.99. The molecule has 0 radical (unpaired) electrons. The molecule has 0 spiro atoms. The summed E-state index contributed by atoms with van der Waals surface area (Å²) in [6.07, 6.45) is 2.09. The van der Waals surface area contributed by atoms with E-state index in [4.69, 9.17) is 5.11 Å². The third-order valence-electron chi connectivity index (χ3n) is 5.88. The Bertz CT molecular complexity index is 1280. The highest BCUT2D eigenvalue weighted by Gasteiger charge is 2.27. The van der Waals surface area contributed by atoms with Crippen molar-refractivity contribution in [3.8, 4) is 0 Å². The van der Waals surface area contributed by atoms with Crippen molar-refractivity contribution in [3.05, 3.63) is 112 Å². The fourth-order valence-electron chi connectivity index (χ4n) is 4.28. The molecule has 1 aliphatic heterocycles. The van der Waals surface area contributed by atoms with Crippen molar-refractivity contribution in [1.29, 1.82) is 0 Å². The monoisotopic (exact) mass is 445 g/mol. The largest absolute Gasteiger partial charge is 0.478 e. The zero-order valence-electron chi connectivity index (χ0n) is 17.5. The molecule has 0 saturated heterocycles. The number of allylic oxidation sites excluding steroid dienone is 1. The van der Waals surface area contributed by atoms with Crippen molar-refractivity contribution >= 4 is 22.9 Å². The Kier molecular flexibility index (Phi) is 5.40. The van der Waals surface area contributed by atoms with Crippen LogP contribution in [0.5, 0.6) is 0 Å². The second-order valence-electron chi connectivity index (χ2n) is 7.93. The van der Waals surface area contributed by atoms with Gasteiger partial charge in [0, 0.05) is 23.5 Å². The first kappa shape index (κ1) is 20.9. The summed E-state index contributed by atoms with van der Waals surface area (Å²) in [4.78, 5) is 11.1. The van der Waals surface area contributed by atoms with Crippen molar-refractivity contribution in [2.75, 3.05) is 11.9 Å². The Morgan fingerprint density at radius 3 is 2.33 bits per heavy atom. The minimum atomic E-state index is -0.977. The molecule has 5 rings (SSSR count). The van der Waals surface area contributed by atoms with Crippen LogP contribution in [-0.2, 0) is 0 Å². The number of carbonyl (C=O) groups is 1. The van der Waals surface area contributed by atoms with Crippen LogP contribution in [0.1, 0.15) is 33.5 Å². The van der Waals surface area contributed by atoms with Crippen LogP contribution in [-0.4, -0.2) is 23.9 Å². The van der Waals surface area contributed by atoms with Crippen LogP contribution in [0.3, 0.4) is 0 Å². The van der Waals surface area contributed by atoms with Crippen molar-refractivity contribution in [3.63, 3.8) is 0 Å². The Morgan fingerprint density at radius 2 is 1.64 bits per heavy atom. The number of benzene rings is 3. The smallest absolute Gasteiger partial charge is 0.335 e. The summed E-state index contributed by atoms with van der Waals surface area (Å²) in [5, 5.41) is 19.2. The van der Waals surface area contributed by atoms with Crippen LogP contribution in [0.25, 0.3) is 11.3 Å². The quantitative estimate of drug-likeness (QED) is 0.465. The Hall–Kier alpha value is -3.97. The van der Waals surface area contributed by atoms with Gasteiger partial charge in [-0.1, -0.05) is 36.4 Å². The second-order valence-corrected chi connectivity index (χ2v) is 7.93. The van der Waals surface area contributed by atoms with Crippen molar-refractivity contribution < 1.29 is 18.7 Å². The maximum Gasteiger partial charge on any atom is 0.335 e. The van der Waals surface area contributed by atoms with E-state index >= 15 is 0 Å². The first-order chi connectivity index (χ1) is 16.0. The van der Waals surface area contributed by atoms with Gasteiger partial charge >= 0.3 is 5.97 Å². The van der Waals surface area contributed by atoms with Crippen LogP contribution in [0, 0.1) is 11.6 Å². The molecule has 1 aliphatic carbocycles. The molecule has 4 N–H and O–H groups in total. The molecule has 7 heteroatoms. The predicted octanol–water partition coefficient (Wildman–Crippen LogP) is 4.80. The van der Waals surface area contributed by atoms with Crippen LogP contribution >= 0.6 is 0 Å². The minimum absolute atomic E-state index is 0.0223. The number of hydrogen-bond acceptors (Lipinski definition) is 4. The lowest BCUT2D eigenvalue weighted by atomic mass is 9.92. The molecule has 2 aliphatic rings. The van der Waals surface area contributed by atoms with Gasteiger partial charge in [-0.3, -0.25) is 5.32 Å². The summed E-state index contributed by atoms with van der Waals surface area (Å²) in [7, 11) is 0. The lowest BCUT2D eigenvalue weighted by molar-refractivity contribution is 0.0697. The van der Waals surface area contributed by atoms with E-state index in [-0.39, 0.29) is 17.4 Å². The molecule has 33 heavy (non-hydrogen) atoms. The van der Waals surface area contributed by atoms with Gasteiger partial charge in [-0.2, -0.15) is 0 Å². The summed E-state index contributed by atoms with van der Waals surface area (Å²) in [5.74, 6) is -2.16. The first-order valence-corrected chi connectivity index (χ1v) is 10.6. The number of rotatable bonds is 4. The number of carboxylic acid groups (broad SMARTS) is 1. The summed E-state index contributed by atoms with van der Waals surface area (Å²) >= 11 is 0. The van der Waals surface area contributed by atoms with Gasteiger partial charge in [0.25, 0.3) is 0 Å². The highest BCUT2D eigenvalue weighted by atomic mass is 19.1. The highest BCUT2D eigenvalue weighted by molar-refractivity contribution is 5.90. The number of aromatic carboxylic acids is 1. The molecule has 1 atom stereocenters. The van der Waals surface area contributed by atoms with E-state index < -0.39 is 17.6 Å². The number of anilines is 1. The highest BCUT2D eigenvalue weighted by Crippen LogP contribution is 2.37. The molecular formula is C26H21F2N3O2. The number of halogens is 2. The van der Waals surface area contributed by atoms with E-state index in [1.165, 1.54) is 30.3 Å². The zero-order valence-corrected chi connectivity index (χ0v) is 17.5. The van der Waals surface area contributed by atoms with Crippen molar-refractivity contribution in [2.45, 2.75) is 12.7 Å². The molecule has 166 valence electrons. The van der Waals surface area contributed by atoms with Gasteiger partial charge in [-0.15, -0.1) is 0 Å². The molecule has 0 amide bonds. The Balaban J connectivity index is 1.46. The molecular weight excluding hydrogens is 424 g/mol. The number of fused-ring (bicyclic) bond motifs is 2. The molecule has 3 aromatic carbocycles. The number of hydrogen-bond donors (Lipinski definition) is 4. The normalized spacial score (nSPS) is 17.3. The van der Waals surface area contributed by atoms with E-state index in [2.05, 4.69) is 16.0 Å². The maximum atomic E-state index is 14.6. The van der Waals surface area contributed by atoms with Gasteiger partial charge in [0.2, 0.25) is 0 Å². The third-order valence-corrected chi connectivity index (χ3v) is 5.88. The molecule has 0 saturated carbocycles. The standard InChI is InChI=1S/C26H21F2N3O2/c27-21-6-3-7-22(28)23(21)19-13-10-16-14-29-26(30-17-11-8-15(9-12-17)25(32)33)31-24(16)20-5-2-1-4-18(19)20/h1-9,11-13,26,29-31H,10,14H2,(H,32,33). The van der Waals surface area contributed by atoms with Gasteiger partial charge in [-0.05, 0) is 59.5 Å². The van der Waals surface area contributed by atoms with Gasteiger partial charge in [-0.25, -0.2) is 13.6 Å². The fourth-order valence-corrected chi connectivity index (χ4v) is 4.28. The first-order valence-electron chi connectivity index (χ1n) is 10.6. The van der Waals surface area contributed by atoms with E-state index in [0.29, 0.717) is 18.5 Å². The summed E-state index contributed by atoms with van der Waals surface area (Å²) in [5.41, 5.74) is 5.09. The number of carboxylic acids is 1. The van der Waals surface area contributed by atoms with Crippen LogP contribution in [0.2, 0.25) is 0 Å². The van der Waals surface area contributed by atoms with E-state index in [1.54, 1.807) is 12.1 Å². The molecule has 0 bridgehead atoms. The molecule has 5 nitrogen and oxygen atoms in total. The van der Waals surface area contributed by atoms with E-state index in [0.717, 1.165) is 28.1 Å². The molecule has 0 aromatic heterocycles. The maximum absolute atomic E-state index is 14.6. The number of nitrogens with one attached hydrogen (secondary N) is 3. The van der Waals surface area contributed by atoms with Crippen LogP contribution in [0.4, 0.5) is 14.5 Å². The average molecular weight is 445 g/mol.